The van der Waals surface area contributed by atoms with E-state index in [4.69, 9.17) is 11.6 Å². The van der Waals surface area contributed by atoms with Crippen molar-refractivity contribution in [2.75, 3.05) is 19.0 Å². The summed E-state index contributed by atoms with van der Waals surface area (Å²) >= 11 is 5.10. The first-order valence-corrected chi connectivity index (χ1v) is 3.84. The molecule has 1 amide bonds. The molecular formula is C6H9ClF3NO. The van der Waals surface area contributed by atoms with Gasteiger partial charge in [0.25, 0.3) is 0 Å². The van der Waals surface area contributed by atoms with Crippen molar-refractivity contribution in [2.24, 2.45) is 0 Å². The van der Waals surface area contributed by atoms with Crippen molar-refractivity contribution in [1.82, 2.24) is 4.90 Å². The Hall–Kier alpha value is -0.450. The van der Waals surface area contributed by atoms with Crippen LogP contribution < -0.4 is 0 Å². The molecular weight excluding hydrogens is 195 g/mol. The highest BCUT2D eigenvalue weighted by atomic mass is 35.5. The first-order chi connectivity index (χ1) is 5.40. The zero-order valence-corrected chi connectivity index (χ0v) is 7.24. The van der Waals surface area contributed by atoms with Crippen LogP contribution in [-0.2, 0) is 4.79 Å². The summed E-state index contributed by atoms with van der Waals surface area (Å²) in [6.07, 6.45) is -4.35. The van der Waals surface area contributed by atoms with E-state index >= 15 is 0 Å². The summed E-state index contributed by atoms with van der Waals surface area (Å²) in [7, 11) is 0. The molecule has 2 nitrogen and oxygen atoms in total. The molecule has 0 unspecified atom stereocenters. The Labute approximate surface area is 73.3 Å². The molecule has 0 aromatic heterocycles. The second kappa shape index (κ2) is 4.54. The normalized spacial score (nSPS) is 11.4. The van der Waals surface area contributed by atoms with E-state index in [1.807, 2.05) is 0 Å². The Kier molecular flexibility index (Phi) is 4.37. The minimum absolute atomic E-state index is 0.0189. The SMILES string of the molecule is CCN(CC(F)(F)F)C(=O)CCl. The standard InChI is InChI=1S/C6H9ClF3NO/c1-2-11(5(12)3-7)4-6(8,9)10/h2-4H2,1H3. The van der Waals surface area contributed by atoms with Crippen molar-refractivity contribution < 1.29 is 18.0 Å². The number of hydrogen-bond donors (Lipinski definition) is 0. The molecule has 0 aliphatic heterocycles. The lowest BCUT2D eigenvalue weighted by molar-refractivity contribution is -0.159. The van der Waals surface area contributed by atoms with E-state index in [9.17, 15) is 18.0 Å². The topological polar surface area (TPSA) is 20.3 Å². The summed E-state index contributed by atoms with van der Waals surface area (Å²) in [5.41, 5.74) is 0. The molecule has 0 saturated heterocycles. The third-order valence-electron chi connectivity index (χ3n) is 1.22. The minimum atomic E-state index is -4.35. The molecule has 0 rings (SSSR count). The number of alkyl halides is 4. The van der Waals surface area contributed by atoms with Crippen LogP contribution in [0, 0.1) is 0 Å². The van der Waals surface area contributed by atoms with Crippen LogP contribution in [0.4, 0.5) is 13.2 Å². The Morgan fingerprint density at radius 2 is 2.00 bits per heavy atom. The summed E-state index contributed by atoms with van der Waals surface area (Å²) in [5.74, 6) is -1.11. The van der Waals surface area contributed by atoms with Crippen LogP contribution in [0.25, 0.3) is 0 Å². The fourth-order valence-electron chi connectivity index (χ4n) is 0.677. The zero-order valence-electron chi connectivity index (χ0n) is 6.49. The molecule has 0 heterocycles. The van der Waals surface area contributed by atoms with Crippen LogP contribution in [0.15, 0.2) is 0 Å². The van der Waals surface area contributed by atoms with E-state index < -0.39 is 24.5 Å². The van der Waals surface area contributed by atoms with Crippen LogP contribution in [-0.4, -0.2) is 36.0 Å². The van der Waals surface area contributed by atoms with Gasteiger partial charge in [-0.1, -0.05) is 0 Å². The van der Waals surface area contributed by atoms with Gasteiger partial charge in [-0.3, -0.25) is 4.79 Å². The second-order valence-corrected chi connectivity index (χ2v) is 2.42. The predicted molar refractivity (Wildman–Crippen MR) is 39.0 cm³/mol. The maximum Gasteiger partial charge on any atom is 0.406 e. The number of carbonyl (C=O) groups is 1. The van der Waals surface area contributed by atoms with E-state index in [1.165, 1.54) is 6.92 Å². The molecule has 0 aliphatic rings. The largest absolute Gasteiger partial charge is 0.406 e. The third kappa shape index (κ3) is 4.43. The van der Waals surface area contributed by atoms with Crippen molar-refractivity contribution in [3.8, 4) is 0 Å². The van der Waals surface area contributed by atoms with Gasteiger partial charge in [0.1, 0.15) is 12.4 Å². The van der Waals surface area contributed by atoms with E-state index in [1.54, 1.807) is 0 Å². The van der Waals surface area contributed by atoms with Crippen molar-refractivity contribution in [3.05, 3.63) is 0 Å². The molecule has 0 N–H and O–H groups in total. The van der Waals surface area contributed by atoms with E-state index in [-0.39, 0.29) is 6.54 Å². The fraction of sp³-hybridized carbons (Fsp3) is 0.833. The Bertz CT molecular complexity index is 159. The van der Waals surface area contributed by atoms with Crippen LogP contribution in [0.5, 0.6) is 0 Å². The number of amides is 1. The van der Waals surface area contributed by atoms with Gasteiger partial charge in [0, 0.05) is 6.54 Å². The molecule has 0 saturated carbocycles. The fourth-order valence-corrected chi connectivity index (χ4v) is 0.846. The highest BCUT2D eigenvalue weighted by Crippen LogP contribution is 2.16. The van der Waals surface area contributed by atoms with Gasteiger partial charge in [0.2, 0.25) is 5.91 Å². The van der Waals surface area contributed by atoms with Crippen molar-refractivity contribution in [1.29, 1.82) is 0 Å². The average Bonchev–Trinajstić information content (AvgIpc) is 1.97. The van der Waals surface area contributed by atoms with Gasteiger partial charge in [-0.15, -0.1) is 11.6 Å². The third-order valence-corrected chi connectivity index (χ3v) is 1.45. The predicted octanol–water partition coefficient (Wildman–Crippen LogP) is 1.64. The lowest BCUT2D eigenvalue weighted by atomic mass is 10.4. The average molecular weight is 204 g/mol. The first-order valence-electron chi connectivity index (χ1n) is 3.31. The maximum absolute atomic E-state index is 11.8. The molecule has 0 spiro atoms. The zero-order chi connectivity index (χ0) is 9.78. The van der Waals surface area contributed by atoms with Gasteiger partial charge in [-0.05, 0) is 6.92 Å². The van der Waals surface area contributed by atoms with E-state index in [0.717, 1.165) is 0 Å². The molecule has 0 radical (unpaired) electrons. The summed E-state index contributed by atoms with van der Waals surface area (Å²) < 4.78 is 35.3. The molecule has 12 heavy (non-hydrogen) atoms. The number of nitrogens with zero attached hydrogens (tertiary/aromatic N) is 1. The Balaban J connectivity index is 4.09. The highest BCUT2D eigenvalue weighted by molar-refractivity contribution is 6.27. The van der Waals surface area contributed by atoms with Gasteiger partial charge in [0.05, 0.1) is 0 Å². The number of carbonyl (C=O) groups excluding carboxylic acids is 1. The minimum Gasteiger partial charge on any atom is -0.333 e. The van der Waals surface area contributed by atoms with Crippen molar-refractivity contribution >= 4 is 17.5 Å². The van der Waals surface area contributed by atoms with Crippen LogP contribution in [0.1, 0.15) is 6.92 Å². The lowest BCUT2D eigenvalue weighted by Gasteiger charge is -2.20. The Morgan fingerprint density at radius 1 is 1.50 bits per heavy atom. The molecule has 0 aliphatic carbocycles. The smallest absolute Gasteiger partial charge is 0.333 e. The van der Waals surface area contributed by atoms with Crippen molar-refractivity contribution in [3.63, 3.8) is 0 Å². The molecule has 0 bridgehead atoms. The van der Waals surface area contributed by atoms with E-state index in [0.29, 0.717) is 4.90 Å². The van der Waals surface area contributed by atoms with Gasteiger partial charge in [0.15, 0.2) is 0 Å². The maximum atomic E-state index is 11.8. The molecule has 6 heteroatoms. The summed E-state index contributed by atoms with van der Waals surface area (Å²) in [6, 6.07) is 0. The van der Waals surface area contributed by atoms with Crippen LogP contribution in [0.3, 0.4) is 0 Å². The number of hydrogen-bond acceptors (Lipinski definition) is 1. The molecule has 0 fully saturated rings. The molecule has 0 atom stereocenters. The Morgan fingerprint density at radius 3 is 2.25 bits per heavy atom. The van der Waals surface area contributed by atoms with Gasteiger partial charge in [-0.2, -0.15) is 13.2 Å². The first kappa shape index (κ1) is 11.6. The quantitative estimate of drug-likeness (QED) is 0.639. The van der Waals surface area contributed by atoms with Gasteiger partial charge >= 0.3 is 6.18 Å². The number of rotatable bonds is 3. The lowest BCUT2D eigenvalue weighted by Crippen LogP contribution is -2.39. The van der Waals surface area contributed by atoms with Crippen molar-refractivity contribution in [2.45, 2.75) is 13.1 Å². The summed E-state index contributed by atoms with van der Waals surface area (Å²) in [4.78, 5) is 11.4. The summed E-state index contributed by atoms with van der Waals surface area (Å²) in [5, 5.41) is 0. The molecule has 0 aromatic rings. The summed E-state index contributed by atoms with van der Waals surface area (Å²) in [6.45, 7) is 0.260. The molecule has 72 valence electrons. The second-order valence-electron chi connectivity index (χ2n) is 2.16. The number of halogens is 4. The highest BCUT2D eigenvalue weighted by Gasteiger charge is 2.31. The van der Waals surface area contributed by atoms with Crippen LogP contribution >= 0.6 is 11.6 Å². The van der Waals surface area contributed by atoms with Gasteiger partial charge in [-0.25, -0.2) is 0 Å². The van der Waals surface area contributed by atoms with Crippen LogP contribution in [0.2, 0.25) is 0 Å². The monoisotopic (exact) mass is 203 g/mol. The van der Waals surface area contributed by atoms with Gasteiger partial charge < -0.3 is 4.90 Å². The van der Waals surface area contributed by atoms with E-state index in [2.05, 4.69) is 0 Å². The molecule has 0 aromatic carbocycles.